The molecule has 0 aliphatic heterocycles. The quantitative estimate of drug-likeness (QED) is 0.641. The van der Waals surface area contributed by atoms with Crippen LogP contribution < -0.4 is 4.74 Å². The summed E-state index contributed by atoms with van der Waals surface area (Å²) in [4.78, 5) is 0. The number of hydrogen-bond acceptors (Lipinski definition) is 2. The lowest BCUT2D eigenvalue weighted by atomic mass is 10.1. The lowest BCUT2D eigenvalue weighted by Crippen LogP contribution is -1.97. The van der Waals surface area contributed by atoms with Crippen molar-refractivity contribution in [1.82, 2.24) is 0 Å². The van der Waals surface area contributed by atoms with E-state index in [0.717, 1.165) is 31.8 Å². The molecule has 0 bridgehead atoms. The van der Waals surface area contributed by atoms with Crippen molar-refractivity contribution in [2.24, 2.45) is 0 Å². The molecule has 0 unspecified atom stereocenters. The van der Waals surface area contributed by atoms with Crippen LogP contribution in [0, 0.1) is 0 Å². The van der Waals surface area contributed by atoms with Gasteiger partial charge in [-0.3, -0.25) is 0 Å². The van der Waals surface area contributed by atoms with Crippen LogP contribution in [-0.2, 0) is 11.2 Å². The van der Waals surface area contributed by atoms with Gasteiger partial charge in [0.15, 0.2) is 0 Å². The molecule has 0 spiro atoms. The SMILES string of the molecule is CCCCOc1ccc(CCOC)cc1. The fraction of sp³-hybridized carbons (Fsp3) is 0.538. The number of hydrogen-bond donors (Lipinski definition) is 0. The van der Waals surface area contributed by atoms with Gasteiger partial charge >= 0.3 is 0 Å². The largest absolute Gasteiger partial charge is 0.494 e. The van der Waals surface area contributed by atoms with Crippen molar-refractivity contribution in [3.05, 3.63) is 29.8 Å². The van der Waals surface area contributed by atoms with Crippen LogP contribution in [0.5, 0.6) is 5.75 Å². The first kappa shape index (κ1) is 12.1. The number of benzene rings is 1. The van der Waals surface area contributed by atoms with Gasteiger partial charge in [0.05, 0.1) is 13.2 Å². The summed E-state index contributed by atoms with van der Waals surface area (Å²) in [5.41, 5.74) is 1.29. The summed E-state index contributed by atoms with van der Waals surface area (Å²) in [6, 6.07) is 8.25. The van der Waals surface area contributed by atoms with Crippen LogP contribution in [0.2, 0.25) is 0 Å². The standard InChI is InChI=1S/C13H20O2/c1-3-4-10-15-13-7-5-12(6-8-13)9-11-14-2/h5-8H,3-4,9-11H2,1-2H3. The molecule has 0 N–H and O–H groups in total. The van der Waals surface area contributed by atoms with E-state index < -0.39 is 0 Å². The average Bonchev–Trinajstić information content (AvgIpc) is 2.28. The molecule has 0 fully saturated rings. The summed E-state index contributed by atoms with van der Waals surface area (Å²) in [7, 11) is 1.72. The Labute approximate surface area is 92.2 Å². The predicted molar refractivity (Wildman–Crippen MR) is 62.4 cm³/mol. The highest BCUT2D eigenvalue weighted by molar-refractivity contribution is 5.27. The second-order valence-corrected chi connectivity index (χ2v) is 3.59. The average molecular weight is 208 g/mol. The normalized spacial score (nSPS) is 10.3. The van der Waals surface area contributed by atoms with E-state index in [9.17, 15) is 0 Å². The first-order valence-corrected chi connectivity index (χ1v) is 5.57. The van der Waals surface area contributed by atoms with Crippen molar-refractivity contribution >= 4 is 0 Å². The molecular formula is C13H20O2. The molecule has 2 nitrogen and oxygen atoms in total. The molecule has 15 heavy (non-hydrogen) atoms. The van der Waals surface area contributed by atoms with Crippen molar-refractivity contribution < 1.29 is 9.47 Å². The van der Waals surface area contributed by atoms with E-state index in [-0.39, 0.29) is 0 Å². The lowest BCUT2D eigenvalue weighted by Gasteiger charge is -2.06. The van der Waals surface area contributed by atoms with Crippen LogP contribution in [-0.4, -0.2) is 20.3 Å². The molecule has 2 heteroatoms. The maximum Gasteiger partial charge on any atom is 0.119 e. The van der Waals surface area contributed by atoms with Gasteiger partial charge in [-0.15, -0.1) is 0 Å². The Morgan fingerprint density at radius 1 is 1.07 bits per heavy atom. The highest BCUT2D eigenvalue weighted by atomic mass is 16.5. The fourth-order valence-corrected chi connectivity index (χ4v) is 1.31. The zero-order valence-electron chi connectivity index (χ0n) is 9.66. The highest BCUT2D eigenvalue weighted by Gasteiger charge is 1.95. The third-order valence-electron chi connectivity index (χ3n) is 2.28. The monoisotopic (exact) mass is 208 g/mol. The van der Waals surface area contributed by atoms with Gasteiger partial charge < -0.3 is 9.47 Å². The summed E-state index contributed by atoms with van der Waals surface area (Å²) in [6.45, 7) is 3.75. The van der Waals surface area contributed by atoms with E-state index in [0.29, 0.717) is 0 Å². The maximum atomic E-state index is 5.57. The van der Waals surface area contributed by atoms with Crippen molar-refractivity contribution in [3.8, 4) is 5.75 Å². The number of ether oxygens (including phenoxy) is 2. The second-order valence-electron chi connectivity index (χ2n) is 3.59. The zero-order valence-corrected chi connectivity index (χ0v) is 9.66. The Morgan fingerprint density at radius 2 is 1.80 bits per heavy atom. The minimum Gasteiger partial charge on any atom is -0.494 e. The summed E-state index contributed by atoms with van der Waals surface area (Å²) in [5.74, 6) is 0.963. The molecular weight excluding hydrogens is 188 g/mol. The Morgan fingerprint density at radius 3 is 2.40 bits per heavy atom. The van der Waals surface area contributed by atoms with E-state index in [1.165, 1.54) is 12.0 Å². The molecule has 0 atom stereocenters. The van der Waals surface area contributed by atoms with Gasteiger partial charge in [0.25, 0.3) is 0 Å². The molecule has 0 aliphatic rings. The second kappa shape index (κ2) is 7.30. The highest BCUT2D eigenvalue weighted by Crippen LogP contribution is 2.13. The first-order chi connectivity index (χ1) is 7.36. The van der Waals surface area contributed by atoms with Crippen molar-refractivity contribution in [1.29, 1.82) is 0 Å². The van der Waals surface area contributed by atoms with Crippen LogP contribution in [0.3, 0.4) is 0 Å². The van der Waals surface area contributed by atoms with E-state index in [1.807, 2.05) is 12.1 Å². The number of rotatable bonds is 7. The Kier molecular flexibility index (Phi) is 5.86. The van der Waals surface area contributed by atoms with Gasteiger partial charge in [0.2, 0.25) is 0 Å². The molecule has 0 aliphatic carbocycles. The van der Waals surface area contributed by atoms with E-state index >= 15 is 0 Å². The van der Waals surface area contributed by atoms with Gasteiger partial charge in [0, 0.05) is 7.11 Å². The molecule has 0 radical (unpaired) electrons. The molecule has 84 valence electrons. The fourth-order valence-electron chi connectivity index (χ4n) is 1.31. The van der Waals surface area contributed by atoms with Crippen LogP contribution >= 0.6 is 0 Å². The van der Waals surface area contributed by atoms with Crippen LogP contribution in [0.25, 0.3) is 0 Å². The third-order valence-corrected chi connectivity index (χ3v) is 2.28. The summed E-state index contributed by atoms with van der Waals surface area (Å²) in [6.07, 6.45) is 3.25. The van der Waals surface area contributed by atoms with Gasteiger partial charge in [-0.25, -0.2) is 0 Å². The molecule has 0 amide bonds. The van der Waals surface area contributed by atoms with Crippen LogP contribution in [0.1, 0.15) is 25.3 Å². The maximum absolute atomic E-state index is 5.57. The third kappa shape index (κ3) is 4.84. The van der Waals surface area contributed by atoms with Gasteiger partial charge in [-0.2, -0.15) is 0 Å². The molecule has 1 aromatic carbocycles. The lowest BCUT2D eigenvalue weighted by molar-refractivity contribution is 0.202. The van der Waals surface area contributed by atoms with Gasteiger partial charge in [-0.1, -0.05) is 25.5 Å². The Balaban J connectivity index is 2.35. The molecule has 0 aromatic heterocycles. The molecule has 0 saturated carbocycles. The summed E-state index contributed by atoms with van der Waals surface area (Å²) >= 11 is 0. The van der Waals surface area contributed by atoms with Crippen molar-refractivity contribution in [3.63, 3.8) is 0 Å². The summed E-state index contributed by atoms with van der Waals surface area (Å²) in [5, 5.41) is 0. The summed E-state index contributed by atoms with van der Waals surface area (Å²) < 4.78 is 10.6. The van der Waals surface area contributed by atoms with E-state index in [2.05, 4.69) is 19.1 Å². The zero-order chi connectivity index (χ0) is 10.9. The number of unbranched alkanes of at least 4 members (excludes halogenated alkanes) is 1. The van der Waals surface area contributed by atoms with Crippen molar-refractivity contribution in [2.75, 3.05) is 20.3 Å². The van der Waals surface area contributed by atoms with Gasteiger partial charge in [-0.05, 0) is 30.5 Å². The minimum absolute atomic E-state index is 0.774. The van der Waals surface area contributed by atoms with Crippen LogP contribution in [0.4, 0.5) is 0 Å². The molecule has 1 aromatic rings. The van der Waals surface area contributed by atoms with E-state index in [1.54, 1.807) is 7.11 Å². The molecule has 1 rings (SSSR count). The Hall–Kier alpha value is -1.02. The molecule has 0 heterocycles. The smallest absolute Gasteiger partial charge is 0.119 e. The van der Waals surface area contributed by atoms with Gasteiger partial charge in [0.1, 0.15) is 5.75 Å². The van der Waals surface area contributed by atoms with Crippen molar-refractivity contribution in [2.45, 2.75) is 26.2 Å². The topological polar surface area (TPSA) is 18.5 Å². The number of methoxy groups -OCH3 is 1. The minimum atomic E-state index is 0.774. The van der Waals surface area contributed by atoms with E-state index in [4.69, 9.17) is 9.47 Å². The molecule has 0 saturated heterocycles. The predicted octanol–water partition coefficient (Wildman–Crippen LogP) is 3.05. The van der Waals surface area contributed by atoms with Crippen LogP contribution in [0.15, 0.2) is 24.3 Å². The first-order valence-electron chi connectivity index (χ1n) is 5.57. The Bertz CT molecular complexity index is 254.